The van der Waals surface area contributed by atoms with Gasteiger partial charge in [0.05, 0.1) is 12.7 Å². The summed E-state index contributed by atoms with van der Waals surface area (Å²) >= 11 is 0. The van der Waals surface area contributed by atoms with Crippen molar-refractivity contribution in [3.63, 3.8) is 0 Å². The molecule has 0 spiro atoms. The number of nitrogens with one attached hydrogen (secondary N) is 1. The molecule has 29 heavy (non-hydrogen) atoms. The van der Waals surface area contributed by atoms with Crippen LogP contribution in [0.25, 0.3) is 0 Å². The van der Waals surface area contributed by atoms with Crippen LogP contribution in [0.2, 0.25) is 0 Å². The van der Waals surface area contributed by atoms with Crippen molar-refractivity contribution >= 4 is 5.91 Å². The SMILES string of the molecule is COc1ccccc1C(=O)N1CCC[C@H](c2cc(Oc3cccc(F)c3)n[nH]2)C1. The third-order valence-corrected chi connectivity index (χ3v) is 5.08. The number of rotatable bonds is 5. The number of benzene rings is 2. The minimum Gasteiger partial charge on any atom is -0.496 e. The summed E-state index contributed by atoms with van der Waals surface area (Å²) < 4.78 is 24.3. The number of H-pyrrole nitrogens is 1. The number of carbonyl (C=O) groups is 1. The Labute approximate surface area is 168 Å². The third-order valence-electron chi connectivity index (χ3n) is 5.08. The summed E-state index contributed by atoms with van der Waals surface area (Å²) in [6.45, 7) is 1.28. The van der Waals surface area contributed by atoms with Gasteiger partial charge in [-0.15, -0.1) is 5.10 Å². The summed E-state index contributed by atoms with van der Waals surface area (Å²) in [7, 11) is 1.57. The summed E-state index contributed by atoms with van der Waals surface area (Å²) in [5, 5.41) is 7.18. The van der Waals surface area contributed by atoms with E-state index in [0.717, 1.165) is 18.5 Å². The number of aromatic amines is 1. The molecule has 1 atom stereocenters. The van der Waals surface area contributed by atoms with Crippen LogP contribution in [0.4, 0.5) is 4.39 Å². The molecule has 2 heterocycles. The number of likely N-dealkylation sites (tertiary alicyclic amines) is 1. The second-order valence-corrected chi connectivity index (χ2v) is 7.01. The fraction of sp³-hybridized carbons (Fsp3) is 0.273. The number of piperidine rings is 1. The van der Waals surface area contributed by atoms with E-state index in [4.69, 9.17) is 9.47 Å². The number of para-hydroxylation sites is 1. The van der Waals surface area contributed by atoms with Crippen molar-refractivity contribution in [1.29, 1.82) is 0 Å². The van der Waals surface area contributed by atoms with Gasteiger partial charge >= 0.3 is 0 Å². The van der Waals surface area contributed by atoms with Gasteiger partial charge in [-0.05, 0) is 37.1 Å². The average molecular weight is 395 g/mol. The predicted molar refractivity (Wildman–Crippen MR) is 106 cm³/mol. The molecule has 7 heteroatoms. The third kappa shape index (κ3) is 4.23. The van der Waals surface area contributed by atoms with Gasteiger partial charge in [-0.2, -0.15) is 0 Å². The van der Waals surface area contributed by atoms with Crippen LogP contribution in [0.15, 0.2) is 54.6 Å². The molecule has 1 fully saturated rings. The highest BCUT2D eigenvalue weighted by atomic mass is 19.1. The fourth-order valence-electron chi connectivity index (χ4n) is 3.64. The number of methoxy groups -OCH3 is 1. The molecule has 6 nitrogen and oxygen atoms in total. The maximum absolute atomic E-state index is 13.3. The molecule has 1 aliphatic heterocycles. The molecule has 1 N–H and O–H groups in total. The van der Waals surface area contributed by atoms with E-state index < -0.39 is 0 Å². The molecule has 2 aromatic carbocycles. The lowest BCUT2D eigenvalue weighted by Crippen LogP contribution is -2.39. The number of ether oxygens (including phenoxy) is 2. The molecule has 150 valence electrons. The molecular weight excluding hydrogens is 373 g/mol. The average Bonchev–Trinajstić information content (AvgIpc) is 3.22. The van der Waals surface area contributed by atoms with E-state index in [1.54, 1.807) is 31.4 Å². The van der Waals surface area contributed by atoms with Gasteiger partial charge in [0, 0.05) is 36.8 Å². The Morgan fingerprint density at radius 3 is 2.90 bits per heavy atom. The molecule has 1 amide bonds. The molecule has 0 unspecified atom stereocenters. The van der Waals surface area contributed by atoms with E-state index in [0.29, 0.717) is 36.0 Å². The Morgan fingerprint density at radius 1 is 1.21 bits per heavy atom. The summed E-state index contributed by atoms with van der Waals surface area (Å²) in [5.41, 5.74) is 1.46. The topological polar surface area (TPSA) is 67.4 Å². The Hall–Kier alpha value is -3.35. The van der Waals surface area contributed by atoms with Gasteiger partial charge in [0.15, 0.2) is 0 Å². The quantitative estimate of drug-likeness (QED) is 0.697. The highest BCUT2D eigenvalue weighted by Crippen LogP contribution is 2.30. The Balaban J connectivity index is 1.46. The molecule has 0 radical (unpaired) electrons. The van der Waals surface area contributed by atoms with Crippen LogP contribution in [0, 0.1) is 5.82 Å². The minimum absolute atomic E-state index is 0.0390. The monoisotopic (exact) mass is 395 g/mol. The van der Waals surface area contributed by atoms with Crippen LogP contribution < -0.4 is 9.47 Å². The summed E-state index contributed by atoms with van der Waals surface area (Å²) in [6.07, 6.45) is 1.84. The van der Waals surface area contributed by atoms with E-state index >= 15 is 0 Å². The highest BCUT2D eigenvalue weighted by Gasteiger charge is 2.28. The molecule has 0 bridgehead atoms. The van der Waals surface area contributed by atoms with Gasteiger partial charge in [-0.25, -0.2) is 4.39 Å². The van der Waals surface area contributed by atoms with Crippen molar-refractivity contribution in [2.24, 2.45) is 0 Å². The maximum Gasteiger partial charge on any atom is 0.257 e. The van der Waals surface area contributed by atoms with Crippen molar-refractivity contribution in [1.82, 2.24) is 15.1 Å². The lowest BCUT2D eigenvalue weighted by Gasteiger charge is -2.32. The largest absolute Gasteiger partial charge is 0.496 e. The van der Waals surface area contributed by atoms with Crippen molar-refractivity contribution in [2.75, 3.05) is 20.2 Å². The Kier molecular flexibility index (Phi) is 5.46. The number of hydrogen-bond donors (Lipinski definition) is 1. The summed E-state index contributed by atoms with van der Waals surface area (Å²) in [6, 6.07) is 15.0. The molecule has 1 saturated heterocycles. The molecule has 1 aromatic heterocycles. The lowest BCUT2D eigenvalue weighted by atomic mass is 9.94. The lowest BCUT2D eigenvalue weighted by molar-refractivity contribution is 0.0702. The molecule has 4 rings (SSSR count). The number of hydrogen-bond acceptors (Lipinski definition) is 4. The molecule has 3 aromatic rings. The number of carbonyl (C=O) groups excluding carboxylic acids is 1. The van der Waals surface area contributed by atoms with E-state index in [2.05, 4.69) is 10.2 Å². The van der Waals surface area contributed by atoms with Crippen LogP contribution in [-0.4, -0.2) is 41.2 Å². The molecular formula is C22H22FN3O3. The van der Waals surface area contributed by atoms with Gasteiger partial charge in [0.2, 0.25) is 5.88 Å². The maximum atomic E-state index is 13.3. The van der Waals surface area contributed by atoms with Crippen molar-refractivity contribution in [3.05, 3.63) is 71.7 Å². The van der Waals surface area contributed by atoms with Crippen LogP contribution in [0.3, 0.4) is 0 Å². The first-order chi connectivity index (χ1) is 14.1. The van der Waals surface area contributed by atoms with Crippen LogP contribution in [0.5, 0.6) is 17.4 Å². The van der Waals surface area contributed by atoms with E-state index in [1.807, 2.05) is 23.1 Å². The number of nitrogens with zero attached hydrogens (tertiary/aromatic N) is 2. The van der Waals surface area contributed by atoms with Crippen LogP contribution in [-0.2, 0) is 0 Å². The van der Waals surface area contributed by atoms with Gasteiger partial charge in [0.25, 0.3) is 5.91 Å². The molecule has 0 saturated carbocycles. The standard InChI is InChI=1S/C22H22FN3O3/c1-28-20-10-3-2-9-18(20)22(27)26-11-5-6-15(14-26)19-13-21(25-24-19)29-17-8-4-7-16(23)12-17/h2-4,7-10,12-13,15H,5-6,11,14H2,1H3,(H,24,25)/t15-/m0/s1. The predicted octanol–water partition coefficient (Wildman–Crippen LogP) is 4.37. The van der Waals surface area contributed by atoms with Gasteiger partial charge in [0.1, 0.15) is 17.3 Å². The van der Waals surface area contributed by atoms with E-state index in [-0.39, 0.29) is 17.6 Å². The zero-order chi connectivity index (χ0) is 20.2. The van der Waals surface area contributed by atoms with Crippen molar-refractivity contribution in [2.45, 2.75) is 18.8 Å². The normalized spacial score (nSPS) is 16.5. The van der Waals surface area contributed by atoms with Gasteiger partial charge < -0.3 is 14.4 Å². The molecule has 1 aliphatic rings. The van der Waals surface area contributed by atoms with Crippen LogP contribution in [0.1, 0.15) is 34.8 Å². The first kappa shape index (κ1) is 19.0. The Bertz CT molecular complexity index is 1000. The second kappa shape index (κ2) is 8.34. The van der Waals surface area contributed by atoms with Crippen LogP contribution >= 0.6 is 0 Å². The second-order valence-electron chi connectivity index (χ2n) is 7.01. The van der Waals surface area contributed by atoms with Crippen molar-refractivity contribution < 1.29 is 18.7 Å². The Morgan fingerprint density at radius 2 is 2.07 bits per heavy atom. The fourth-order valence-corrected chi connectivity index (χ4v) is 3.64. The van der Waals surface area contributed by atoms with Crippen molar-refractivity contribution in [3.8, 4) is 17.4 Å². The van der Waals surface area contributed by atoms with Gasteiger partial charge in [-0.3, -0.25) is 9.89 Å². The highest BCUT2D eigenvalue weighted by molar-refractivity contribution is 5.97. The van der Waals surface area contributed by atoms with E-state index in [9.17, 15) is 9.18 Å². The number of halogens is 1. The zero-order valence-electron chi connectivity index (χ0n) is 16.1. The van der Waals surface area contributed by atoms with E-state index in [1.165, 1.54) is 12.1 Å². The number of aromatic nitrogens is 2. The summed E-state index contributed by atoms with van der Waals surface area (Å²) in [4.78, 5) is 14.8. The molecule has 0 aliphatic carbocycles. The first-order valence-corrected chi connectivity index (χ1v) is 9.55. The minimum atomic E-state index is -0.365. The van der Waals surface area contributed by atoms with Gasteiger partial charge in [-0.1, -0.05) is 18.2 Å². The summed E-state index contributed by atoms with van der Waals surface area (Å²) in [5.74, 6) is 1.06. The zero-order valence-corrected chi connectivity index (χ0v) is 16.1. The first-order valence-electron chi connectivity index (χ1n) is 9.55. The smallest absolute Gasteiger partial charge is 0.257 e. The number of amides is 1.